The number of morpholine rings is 1. The Morgan fingerprint density at radius 1 is 1.38 bits per heavy atom. The van der Waals surface area contributed by atoms with Crippen LogP contribution in [-0.4, -0.2) is 48.8 Å². The number of amides is 1. The van der Waals surface area contributed by atoms with Crippen LogP contribution >= 0.6 is 0 Å². The van der Waals surface area contributed by atoms with Crippen molar-refractivity contribution in [3.63, 3.8) is 0 Å². The third-order valence-electron chi connectivity index (χ3n) is 2.99. The highest BCUT2D eigenvalue weighted by Crippen LogP contribution is 2.15. The maximum Gasteiger partial charge on any atom is 0.257 e. The van der Waals surface area contributed by atoms with Crippen LogP contribution in [0.2, 0.25) is 0 Å². The molecule has 5 heteroatoms. The third kappa shape index (κ3) is 2.14. The van der Waals surface area contributed by atoms with Gasteiger partial charge in [0.05, 0.1) is 19.1 Å². The van der Waals surface area contributed by atoms with Gasteiger partial charge in [0.2, 0.25) is 5.96 Å². The third-order valence-corrected chi connectivity index (χ3v) is 2.99. The number of hydrogen-bond acceptors (Lipinski definition) is 4. The standard InChI is InChI=1S/C11H17N3O2/c1-3-9-8(2)12-11(13-10(9)15)14-4-6-16-7-5-14/h9H,3-7H2,1-2H3. The highest BCUT2D eigenvalue weighted by molar-refractivity contribution is 6.14. The number of hydrogen-bond donors (Lipinski definition) is 0. The molecule has 2 aliphatic heterocycles. The Morgan fingerprint density at radius 2 is 2.06 bits per heavy atom. The lowest BCUT2D eigenvalue weighted by Crippen LogP contribution is -2.42. The second-order valence-corrected chi connectivity index (χ2v) is 4.06. The van der Waals surface area contributed by atoms with Crippen LogP contribution in [0.1, 0.15) is 20.3 Å². The minimum atomic E-state index is -0.121. The lowest BCUT2D eigenvalue weighted by atomic mass is 10.00. The molecule has 0 saturated carbocycles. The summed E-state index contributed by atoms with van der Waals surface area (Å²) in [5.41, 5.74) is 0.879. The predicted octanol–water partition coefficient (Wildman–Crippen LogP) is 0.702. The zero-order valence-corrected chi connectivity index (χ0v) is 9.77. The zero-order chi connectivity index (χ0) is 11.5. The van der Waals surface area contributed by atoms with Gasteiger partial charge in [0.1, 0.15) is 0 Å². The highest BCUT2D eigenvalue weighted by Gasteiger charge is 2.27. The van der Waals surface area contributed by atoms with E-state index in [2.05, 4.69) is 9.98 Å². The Bertz CT molecular complexity index is 343. The summed E-state index contributed by atoms with van der Waals surface area (Å²) < 4.78 is 5.26. The largest absolute Gasteiger partial charge is 0.378 e. The quantitative estimate of drug-likeness (QED) is 0.657. The van der Waals surface area contributed by atoms with Crippen molar-refractivity contribution < 1.29 is 9.53 Å². The van der Waals surface area contributed by atoms with Gasteiger partial charge in [-0.2, -0.15) is 4.99 Å². The normalized spacial score (nSPS) is 26.5. The lowest BCUT2D eigenvalue weighted by Gasteiger charge is -2.29. The van der Waals surface area contributed by atoms with Crippen molar-refractivity contribution in [2.75, 3.05) is 26.3 Å². The monoisotopic (exact) mass is 223 g/mol. The smallest absolute Gasteiger partial charge is 0.257 e. The molecule has 2 aliphatic rings. The van der Waals surface area contributed by atoms with Crippen molar-refractivity contribution in [1.82, 2.24) is 4.90 Å². The molecule has 0 aliphatic carbocycles. The molecule has 2 rings (SSSR count). The minimum Gasteiger partial charge on any atom is -0.378 e. The Hall–Kier alpha value is -1.23. The number of guanidine groups is 1. The summed E-state index contributed by atoms with van der Waals surface area (Å²) in [6, 6.07) is 0. The van der Waals surface area contributed by atoms with Crippen LogP contribution in [0.5, 0.6) is 0 Å². The van der Waals surface area contributed by atoms with E-state index in [-0.39, 0.29) is 11.8 Å². The van der Waals surface area contributed by atoms with Gasteiger partial charge in [-0.1, -0.05) is 6.92 Å². The Labute approximate surface area is 95.2 Å². The molecule has 1 fully saturated rings. The van der Waals surface area contributed by atoms with Gasteiger partial charge in [0.25, 0.3) is 5.91 Å². The van der Waals surface area contributed by atoms with Gasteiger partial charge < -0.3 is 9.64 Å². The average molecular weight is 223 g/mol. The molecule has 0 aromatic rings. The summed E-state index contributed by atoms with van der Waals surface area (Å²) in [6.07, 6.45) is 0.772. The van der Waals surface area contributed by atoms with E-state index in [1.165, 1.54) is 0 Å². The molecule has 0 aromatic carbocycles. The second-order valence-electron chi connectivity index (χ2n) is 4.06. The molecule has 0 spiro atoms. The molecule has 16 heavy (non-hydrogen) atoms. The molecule has 1 saturated heterocycles. The number of carbonyl (C=O) groups is 1. The van der Waals surface area contributed by atoms with Crippen LogP contribution < -0.4 is 0 Å². The number of nitrogens with zero attached hydrogens (tertiary/aromatic N) is 3. The molecule has 1 unspecified atom stereocenters. The van der Waals surface area contributed by atoms with E-state index < -0.39 is 0 Å². The topological polar surface area (TPSA) is 54.3 Å². The first kappa shape index (κ1) is 11.3. The van der Waals surface area contributed by atoms with Crippen LogP contribution in [0.4, 0.5) is 0 Å². The first-order chi connectivity index (χ1) is 7.72. The number of ether oxygens (including phenoxy) is 1. The molecule has 1 amide bonds. The lowest BCUT2D eigenvalue weighted by molar-refractivity contribution is -0.119. The molecule has 5 nitrogen and oxygen atoms in total. The van der Waals surface area contributed by atoms with Gasteiger partial charge in [0.15, 0.2) is 0 Å². The molecule has 0 bridgehead atoms. The maximum atomic E-state index is 11.8. The van der Waals surface area contributed by atoms with Gasteiger partial charge in [-0.05, 0) is 13.3 Å². The van der Waals surface area contributed by atoms with Crippen LogP contribution in [0.3, 0.4) is 0 Å². The van der Waals surface area contributed by atoms with E-state index in [0.717, 1.165) is 25.2 Å². The Kier molecular flexibility index (Phi) is 3.33. The summed E-state index contributed by atoms with van der Waals surface area (Å²) in [5, 5.41) is 0. The van der Waals surface area contributed by atoms with E-state index in [9.17, 15) is 4.79 Å². The second kappa shape index (κ2) is 4.74. The molecular weight excluding hydrogens is 206 g/mol. The van der Waals surface area contributed by atoms with E-state index in [0.29, 0.717) is 19.2 Å². The fourth-order valence-corrected chi connectivity index (χ4v) is 1.99. The van der Waals surface area contributed by atoms with E-state index in [1.54, 1.807) is 0 Å². The van der Waals surface area contributed by atoms with Crippen molar-refractivity contribution in [1.29, 1.82) is 0 Å². The zero-order valence-electron chi connectivity index (χ0n) is 9.77. The molecule has 2 heterocycles. The number of rotatable bonds is 1. The summed E-state index contributed by atoms with van der Waals surface area (Å²) in [7, 11) is 0. The minimum absolute atomic E-state index is 0.0588. The average Bonchev–Trinajstić information content (AvgIpc) is 2.30. The highest BCUT2D eigenvalue weighted by atomic mass is 16.5. The van der Waals surface area contributed by atoms with Crippen LogP contribution in [-0.2, 0) is 9.53 Å². The SMILES string of the molecule is CCC1C(=O)N=C(N2CCOCC2)N=C1C. The molecule has 0 radical (unpaired) electrons. The van der Waals surface area contributed by atoms with Crippen LogP contribution in [0, 0.1) is 5.92 Å². The van der Waals surface area contributed by atoms with E-state index >= 15 is 0 Å². The van der Waals surface area contributed by atoms with Crippen LogP contribution in [0.25, 0.3) is 0 Å². The molecule has 0 aromatic heterocycles. The predicted molar refractivity (Wildman–Crippen MR) is 61.7 cm³/mol. The van der Waals surface area contributed by atoms with E-state index in [4.69, 9.17) is 4.74 Å². The van der Waals surface area contributed by atoms with E-state index in [1.807, 2.05) is 18.7 Å². The maximum absolute atomic E-state index is 11.8. The van der Waals surface area contributed by atoms with Crippen molar-refractivity contribution >= 4 is 17.6 Å². The molecule has 0 N–H and O–H groups in total. The Balaban J connectivity index is 2.14. The summed E-state index contributed by atoms with van der Waals surface area (Å²) >= 11 is 0. The number of aliphatic imine (C=N–C) groups is 2. The summed E-state index contributed by atoms with van der Waals surface area (Å²) in [6.45, 7) is 6.77. The van der Waals surface area contributed by atoms with Crippen molar-refractivity contribution in [2.45, 2.75) is 20.3 Å². The van der Waals surface area contributed by atoms with Gasteiger partial charge >= 0.3 is 0 Å². The van der Waals surface area contributed by atoms with Crippen molar-refractivity contribution in [2.24, 2.45) is 15.9 Å². The summed E-state index contributed by atoms with van der Waals surface area (Å²) in [4.78, 5) is 22.3. The van der Waals surface area contributed by atoms with Gasteiger partial charge in [-0.3, -0.25) is 4.79 Å². The fraction of sp³-hybridized carbons (Fsp3) is 0.727. The fourth-order valence-electron chi connectivity index (χ4n) is 1.99. The first-order valence-electron chi connectivity index (χ1n) is 5.72. The first-order valence-corrected chi connectivity index (χ1v) is 5.72. The van der Waals surface area contributed by atoms with Crippen molar-refractivity contribution in [3.8, 4) is 0 Å². The van der Waals surface area contributed by atoms with Gasteiger partial charge in [-0.15, -0.1) is 0 Å². The number of carbonyl (C=O) groups excluding carboxylic acids is 1. The molecule has 88 valence electrons. The Morgan fingerprint density at radius 3 is 2.62 bits per heavy atom. The summed E-state index contributed by atoms with van der Waals surface area (Å²) in [5.74, 6) is 0.386. The molecule has 1 atom stereocenters. The van der Waals surface area contributed by atoms with Crippen LogP contribution in [0.15, 0.2) is 9.98 Å². The van der Waals surface area contributed by atoms with Gasteiger partial charge in [0, 0.05) is 18.8 Å². The van der Waals surface area contributed by atoms with Crippen molar-refractivity contribution in [3.05, 3.63) is 0 Å². The van der Waals surface area contributed by atoms with Gasteiger partial charge in [-0.25, -0.2) is 4.99 Å². The molecular formula is C11H17N3O2.